The molecule has 7 nitrogen and oxygen atoms in total. The Bertz CT molecular complexity index is 571. The summed E-state index contributed by atoms with van der Waals surface area (Å²) in [6.07, 6.45) is 1.36. The van der Waals surface area contributed by atoms with Crippen molar-refractivity contribution in [3.8, 4) is 0 Å². The molecule has 1 saturated carbocycles. The second-order valence-corrected chi connectivity index (χ2v) is 5.13. The Morgan fingerprint density at radius 3 is 3.19 bits per heavy atom. The number of hydrogen-bond acceptors (Lipinski definition) is 5. The first-order valence-electron chi connectivity index (χ1n) is 6.95. The van der Waals surface area contributed by atoms with Crippen molar-refractivity contribution in [2.24, 2.45) is 11.0 Å². The van der Waals surface area contributed by atoms with Gasteiger partial charge in [-0.2, -0.15) is 0 Å². The van der Waals surface area contributed by atoms with Crippen LogP contribution in [0.1, 0.15) is 37.6 Å². The largest absolute Gasteiger partial charge is 0.466 e. The molecule has 1 aliphatic carbocycles. The number of hydrogen-bond donors (Lipinski definition) is 1. The van der Waals surface area contributed by atoms with Gasteiger partial charge in [0, 0.05) is 10.6 Å². The maximum atomic E-state index is 11.8. The molecular formula is C14H18N4O3. The van der Waals surface area contributed by atoms with Gasteiger partial charge in [-0.1, -0.05) is 11.2 Å². The number of aromatic nitrogens is 1. The van der Waals surface area contributed by atoms with Gasteiger partial charge in [-0.25, -0.2) is 0 Å². The van der Waals surface area contributed by atoms with E-state index >= 15 is 0 Å². The van der Waals surface area contributed by atoms with Crippen molar-refractivity contribution in [3.05, 3.63) is 40.0 Å². The highest BCUT2D eigenvalue weighted by atomic mass is 16.5. The van der Waals surface area contributed by atoms with E-state index in [1.165, 1.54) is 0 Å². The summed E-state index contributed by atoms with van der Waals surface area (Å²) in [6, 6.07) is 5.23. The lowest BCUT2D eigenvalue weighted by atomic mass is 9.95. The molecule has 21 heavy (non-hydrogen) atoms. The van der Waals surface area contributed by atoms with Crippen molar-refractivity contribution in [1.29, 1.82) is 0 Å². The van der Waals surface area contributed by atoms with Crippen molar-refractivity contribution in [3.63, 3.8) is 0 Å². The van der Waals surface area contributed by atoms with Gasteiger partial charge >= 0.3 is 5.97 Å². The molecule has 1 aromatic rings. The summed E-state index contributed by atoms with van der Waals surface area (Å²) >= 11 is 0. The molecule has 1 fully saturated rings. The molecule has 2 unspecified atom stereocenters. The van der Waals surface area contributed by atoms with Crippen molar-refractivity contribution in [2.75, 3.05) is 6.61 Å². The van der Waals surface area contributed by atoms with Gasteiger partial charge in [0.25, 0.3) is 0 Å². The van der Waals surface area contributed by atoms with E-state index < -0.39 is 5.60 Å². The fraction of sp³-hybridized carbons (Fsp3) is 0.571. The van der Waals surface area contributed by atoms with Crippen molar-refractivity contribution >= 4 is 5.97 Å². The van der Waals surface area contributed by atoms with E-state index in [2.05, 4.69) is 15.0 Å². The second kappa shape index (κ2) is 6.56. The number of nitrogens with zero attached hydrogens (tertiary/aromatic N) is 4. The van der Waals surface area contributed by atoms with Crippen LogP contribution in [0.4, 0.5) is 0 Å². The molecule has 0 aromatic carbocycles. The third-order valence-corrected chi connectivity index (χ3v) is 3.69. The number of rotatable bonds is 5. The summed E-state index contributed by atoms with van der Waals surface area (Å²) in [4.78, 5) is 18.8. The Kier molecular flexibility index (Phi) is 4.77. The summed E-state index contributed by atoms with van der Waals surface area (Å²) in [5.74, 6) is -0.559. The van der Waals surface area contributed by atoms with E-state index in [0.29, 0.717) is 37.3 Å². The van der Waals surface area contributed by atoms with Crippen LogP contribution in [-0.2, 0) is 21.7 Å². The fourth-order valence-corrected chi connectivity index (χ4v) is 2.65. The van der Waals surface area contributed by atoms with Gasteiger partial charge in [0.1, 0.15) is 5.60 Å². The quantitative estimate of drug-likeness (QED) is 0.389. The van der Waals surface area contributed by atoms with Gasteiger partial charge < -0.3 is 9.84 Å². The van der Waals surface area contributed by atoms with E-state index in [0.717, 1.165) is 0 Å². The lowest BCUT2D eigenvalue weighted by Crippen LogP contribution is -2.25. The Morgan fingerprint density at radius 1 is 1.67 bits per heavy atom. The van der Waals surface area contributed by atoms with E-state index in [1.807, 2.05) is 0 Å². The Hall–Kier alpha value is -2.11. The van der Waals surface area contributed by atoms with Crippen LogP contribution in [0.5, 0.6) is 0 Å². The number of azide groups is 1. The van der Waals surface area contributed by atoms with Crippen LogP contribution in [0.2, 0.25) is 0 Å². The number of aliphatic hydroxyl groups is 1. The molecular weight excluding hydrogens is 272 g/mol. The predicted molar refractivity (Wildman–Crippen MR) is 75.0 cm³/mol. The third kappa shape index (κ3) is 3.51. The summed E-state index contributed by atoms with van der Waals surface area (Å²) in [7, 11) is 0. The number of ether oxygens (including phenoxy) is 1. The summed E-state index contributed by atoms with van der Waals surface area (Å²) in [6.45, 7) is 2.25. The monoisotopic (exact) mass is 290 g/mol. The van der Waals surface area contributed by atoms with E-state index in [4.69, 9.17) is 10.3 Å². The fourth-order valence-electron chi connectivity index (χ4n) is 2.65. The van der Waals surface area contributed by atoms with Crippen LogP contribution < -0.4 is 0 Å². The van der Waals surface area contributed by atoms with Crippen LogP contribution in [0.15, 0.2) is 23.3 Å². The van der Waals surface area contributed by atoms with Crippen molar-refractivity contribution in [2.45, 2.75) is 38.3 Å². The third-order valence-electron chi connectivity index (χ3n) is 3.69. The molecule has 0 saturated heterocycles. The van der Waals surface area contributed by atoms with Crippen molar-refractivity contribution < 1.29 is 14.6 Å². The normalized spacial score (nSPS) is 24.4. The van der Waals surface area contributed by atoms with Gasteiger partial charge in [0.05, 0.1) is 24.8 Å². The zero-order valence-electron chi connectivity index (χ0n) is 11.9. The standard InChI is InChI=1S/C14H18N4O3/c1-2-21-13(19)10-6-7-14(20,8-10)12-5-3-4-11(17-12)9-16-18-15/h3-5,10,20H,2,6-9H2,1H3. The first-order valence-corrected chi connectivity index (χ1v) is 6.95. The van der Waals surface area contributed by atoms with Gasteiger partial charge in [0.15, 0.2) is 0 Å². The second-order valence-electron chi connectivity index (χ2n) is 5.13. The van der Waals surface area contributed by atoms with Crippen LogP contribution >= 0.6 is 0 Å². The molecule has 2 atom stereocenters. The van der Waals surface area contributed by atoms with Gasteiger partial charge in [0.2, 0.25) is 0 Å². The minimum atomic E-state index is -1.12. The highest BCUT2D eigenvalue weighted by Gasteiger charge is 2.43. The molecule has 0 radical (unpaired) electrons. The average Bonchev–Trinajstić information content (AvgIpc) is 2.90. The van der Waals surface area contributed by atoms with Gasteiger partial charge in [-0.05, 0) is 43.9 Å². The molecule has 0 amide bonds. The van der Waals surface area contributed by atoms with Gasteiger partial charge in [-0.15, -0.1) is 0 Å². The molecule has 112 valence electrons. The molecule has 1 aromatic heterocycles. The minimum Gasteiger partial charge on any atom is -0.466 e. The summed E-state index contributed by atoms with van der Waals surface area (Å²) in [5.41, 5.74) is 8.32. The Labute approximate surface area is 122 Å². The van der Waals surface area contributed by atoms with Crippen LogP contribution in [0.3, 0.4) is 0 Å². The summed E-state index contributed by atoms with van der Waals surface area (Å²) < 4.78 is 5.01. The molecule has 7 heteroatoms. The molecule has 0 spiro atoms. The highest BCUT2D eigenvalue weighted by Crippen LogP contribution is 2.41. The molecule has 1 N–H and O–H groups in total. The Morgan fingerprint density at radius 2 is 2.48 bits per heavy atom. The molecule has 1 heterocycles. The number of esters is 1. The lowest BCUT2D eigenvalue weighted by molar-refractivity contribution is -0.148. The number of carbonyl (C=O) groups is 1. The van der Waals surface area contributed by atoms with E-state index in [1.54, 1.807) is 25.1 Å². The maximum Gasteiger partial charge on any atom is 0.309 e. The van der Waals surface area contributed by atoms with E-state index in [-0.39, 0.29) is 18.4 Å². The maximum absolute atomic E-state index is 11.8. The van der Waals surface area contributed by atoms with E-state index in [9.17, 15) is 9.90 Å². The first kappa shape index (κ1) is 15.3. The number of carbonyl (C=O) groups excluding carboxylic acids is 1. The Balaban J connectivity index is 2.14. The topological polar surface area (TPSA) is 108 Å². The number of pyridine rings is 1. The lowest BCUT2D eigenvalue weighted by Gasteiger charge is -2.22. The smallest absolute Gasteiger partial charge is 0.309 e. The summed E-state index contributed by atoms with van der Waals surface area (Å²) in [5, 5.41) is 14.2. The molecule has 0 bridgehead atoms. The first-order chi connectivity index (χ1) is 10.1. The van der Waals surface area contributed by atoms with Crippen LogP contribution in [-0.4, -0.2) is 22.7 Å². The highest BCUT2D eigenvalue weighted by molar-refractivity contribution is 5.73. The molecule has 1 aliphatic rings. The van der Waals surface area contributed by atoms with Crippen molar-refractivity contribution in [1.82, 2.24) is 4.98 Å². The predicted octanol–water partition coefficient (Wildman–Crippen LogP) is 2.44. The average molecular weight is 290 g/mol. The minimum absolute atomic E-state index is 0.141. The molecule has 2 rings (SSSR count). The SMILES string of the molecule is CCOC(=O)C1CCC(O)(c2cccc(CN=[N+]=[N-])n2)C1. The van der Waals surface area contributed by atoms with Crippen LogP contribution in [0.25, 0.3) is 10.4 Å². The van der Waals surface area contributed by atoms with Crippen LogP contribution in [0, 0.1) is 5.92 Å². The molecule has 0 aliphatic heterocycles. The van der Waals surface area contributed by atoms with Gasteiger partial charge in [-0.3, -0.25) is 9.78 Å². The zero-order valence-corrected chi connectivity index (χ0v) is 11.9. The zero-order chi connectivity index (χ0) is 15.3.